The number of hydrogen-bond donors (Lipinski definition) is 1. The maximum atomic E-state index is 12.4. The van der Waals surface area contributed by atoms with Crippen LogP contribution in [0, 0.1) is 11.3 Å². The second-order valence-corrected chi connectivity index (χ2v) is 6.63. The van der Waals surface area contributed by atoms with Crippen LogP contribution in [0.15, 0.2) is 48.5 Å². The lowest BCUT2D eigenvalue weighted by atomic mass is 10.2. The van der Waals surface area contributed by atoms with E-state index in [0.29, 0.717) is 22.5 Å². The van der Waals surface area contributed by atoms with E-state index in [2.05, 4.69) is 0 Å². The van der Waals surface area contributed by atoms with Gasteiger partial charge in [-0.1, -0.05) is 18.2 Å². The highest BCUT2D eigenvalue weighted by atomic mass is 32.2. The van der Waals surface area contributed by atoms with Crippen molar-refractivity contribution in [2.75, 3.05) is 17.1 Å². The highest BCUT2D eigenvalue weighted by Gasteiger charge is 2.19. The summed E-state index contributed by atoms with van der Waals surface area (Å²) in [5.41, 5.74) is 7.68. The van der Waals surface area contributed by atoms with Crippen molar-refractivity contribution in [3.05, 3.63) is 59.7 Å². The first-order chi connectivity index (χ1) is 9.92. The molecule has 0 fully saturated rings. The van der Waals surface area contributed by atoms with Gasteiger partial charge in [0, 0.05) is 12.7 Å². The normalized spacial score (nSPS) is 10.9. The Balaban J connectivity index is 2.28. The molecule has 0 heterocycles. The second-order valence-electron chi connectivity index (χ2n) is 4.63. The van der Waals surface area contributed by atoms with Gasteiger partial charge in [-0.25, -0.2) is 8.42 Å². The summed E-state index contributed by atoms with van der Waals surface area (Å²) in [6, 6.07) is 15.2. The lowest BCUT2D eigenvalue weighted by Crippen LogP contribution is -2.27. The van der Waals surface area contributed by atoms with Crippen LogP contribution in [0.5, 0.6) is 0 Å². The van der Waals surface area contributed by atoms with Crippen molar-refractivity contribution < 1.29 is 8.42 Å². The zero-order valence-electron chi connectivity index (χ0n) is 11.5. The molecule has 0 bridgehead atoms. The summed E-state index contributed by atoms with van der Waals surface area (Å²) in [6.07, 6.45) is 0. The number of benzene rings is 2. The van der Waals surface area contributed by atoms with Crippen LogP contribution in [0.2, 0.25) is 0 Å². The molecule has 0 amide bonds. The third-order valence-electron chi connectivity index (χ3n) is 3.06. The van der Waals surface area contributed by atoms with Crippen LogP contribution < -0.4 is 10.0 Å². The van der Waals surface area contributed by atoms with Crippen LogP contribution >= 0.6 is 0 Å². The van der Waals surface area contributed by atoms with Crippen molar-refractivity contribution in [1.29, 1.82) is 5.26 Å². The molecule has 21 heavy (non-hydrogen) atoms. The zero-order chi connectivity index (χ0) is 15.5. The maximum Gasteiger partial charge on any atom is 0.239 e. The third-order valence-corrected chi connectivity index (χ3v) is 4.80. The summed E-state index contributed by atoms with van der Waals surface area (Å²) in [7, 11) is -2.07. The van der Waals surface area contributed by atoms with E-state index in [4.69, 9.17) is 11.0 Å². The number of nitriles is 1. The fourth-order valence-corrected chi connectivity index (χ4v) is 3.15. The van der Waals surface area contributed by atoms with Crippen molar-refractivity contribution in [2.45, 2.75) is 5.75 Å². The molecule has 0 saturated carbocycles. The standard InChI is InChI=1S/C15H15N3O2S/c1-18(15-7-3-4-12(9-15)10-16)21(19,20)11-13-5-2-6-14(17)8-13/h2-9H,11,17H2,1H3. The van der Waals surface area contributed by atoms with Crippen molar-refractivity contribution in [3.63, 3.8) is 0 Å². The van der Waals surface area contributed by atoms with Gasteiger partial charge in [0.25, 0.3) is 0 Å². The summed E-state index contributed by atoms with van der Waals surface area (Å²) >= 11 is 0. The first-order valence-electron chi connectivity index (χ1n) is 6.23. The number of sulfonamides is 1. The molecule has 0 radical (unpaired) electrons. The van der Waals surface area contributed by atoms with E-state index in [9.17, 15) is 8.42 Å². The highest BCUT2D eigenvalue weighted by Crippen LogP contribution is 2.20. The molecular formula is C15H15N3O2S. The smallest absolute Gasteiger partial charge is 0.239 e. The fourth-order valence-electron chi connectivity index (χ4n) is 1.92. The van der Waals surface area contributed by atoms with Gasteiger partial charge in [-0.3, -0.25) is 4.31 Å². The second kappa shape index (κ2) is 5.85. The van der Waals surface area contributed by atoms with E-state index in [1.807, 2.05) is 6.07 Å². The van der Waals surface area contributed by atoms with E-state index < -0.39 is 10.0 Å². The third kappa shape index (κ3) is 3.52. The van der Waals surface area contributed by atoms with Gasteiger partial charge >= 0.3 is 0 Å². The summed E-state index contributed by atoms with van der Waals surface area (Å²) in [4.78, 5) is 0. The number of anilines is 2. The quantitative estimate of drug-likeness (QED) is 0.876. The molecule has 0 spiro atoms. The van der Waals surface area contributed by atoms with Gasteiger partial charge in [-0.2, -0.15) is 5.26 Å². The van der Waals surface area contributed by atoms with Crippen molar-refractivity contribution in [2.24, 2.45) is 0 Å². The zero-order valence-corrected chi connectivity index (χ0v) is 12.3. The predicted molar refractivity (Wildman–Crippen MR) is 83.0 cm³/mol. The lowest BCUT2D eigenvalue weighted by Gasteiger charge is -2.19. The number of nitrogen functional groups attached to an aromatic ring is 1. The van der Waals surface area contributed by atoms with E-state index in [0.717, 1.165) is 0 Å². The molecule has 6 heteroatoms. The van der Waals surface area contributed by atoms with Gasteiger partial charge in [-0.05, 0) is 35.9 Å². The molecule has 108 valence electrons. The maximum absolute atomic E-state index is 12.4. The Labute approximate surface area is 124 Å². The van der Waals surface area contributed by atoms with Gasteiger partial charge in [0.05, 0.1) is 23.1 Å². The Morgan fingerprint density at radius 1 is 1.19 bits per heavy atom. The molecule has 0 unspecified atom stereocenters. The summed E-state index contributed by atoms with van der Waals surface area (Å²) in [6.45, 7) is 0. The van der Waals surface area contributed by atoms with Crippen LogP contribution in [0.25, 0.3) is 0 Å². The minimum absolute atomic E-state index is 0.147. The van der Waals surface area contributed by atoms with Crippen LogP contribution in [-0.2, 0) is 15.8 Å². The van der Waals surface area contributed by atoms with Crippen LogP contribution in [0.3, 0.4) is 0 Å². The monoisotopic (exact) mass is 301 g/mol. The van der Waals surface area contributed by atoms with Gasteiger partial charge in [0.1, 0.15) is 0 Å². The molecule has 2 aromatic carbocycles. The van der Waals surface area contributed by atoms with Gasteiger partial charge in [-0.15, -0.1) is 0 Å². The Morgan fingerprint density at radius 2 is 1.90 bits per heavy atom. The molecule has 2 aromatic rings. The number of nitrogens with zero attached hydrogens (tertiary/aromatic N) is 2. The number of rotatable bonds is 4. The topological polar surface area (TPSA) is 87.2 Å². The van der Waals surface area contributed by atoms with E-state index >= 15 is 0 Å². The molecule has 0 aliphatic heterocycles. The minimum Gasteiger partial charge on any atom is -0.399 e. The number of nitrogens with two attached hydrogens (primary N) is 1. The highest BCUT2D eigenvalue weighted by molar-refractivity contribution is 7.92. The summed E-state index contributed by atoms with van der Waals surface area (Å²) in [5, 5.41) is 8.88. The number of hydrogen-bond acceptors (Lipinski definition) is 4. The minimum atomic E-state index is -3.54. The summed E-state index contributed by atoms with van der Waals surface area (Å²) in [5.74, 6) is -0.147. The van der Waals surface area contributed by atoms with Crippen molar-refractivity contribution >= 4 is 21.4 Å². The molecule has 5 nitrogen and oxygen atoms in total. The SMILES string of the molecule is CN(c1cccc(C#N)c1)S(=O)(=O)Cc1cccc(N)c1. The van der Waals surface area contributed by atoms with Crippen LogP contribution in [-0.4, -0.2) is 15.5 Å². The predicted octanol–water partition coefficient (Wildman–Crippen LogP) is 2.11. The Hall–Kier alpha value is -2.52. The summed E-state index contributed by atoms with van der Waals surface area (Å²) < 4.78 is 26.0. The fraction of sp³-hybridized carbons (Fsp3) is 0.133. The molecule has 0 aromatic heterocycles. The largest absolute Gasteiger partial charge is 0.399 e. The van der Waals surface area contributed by atoms with Crippen LogP contribution in [0.1, 0.15) is 11.1 Å². The molecule has 0 atom stereocenters. The molecule has 2 rings (SSSR count). The molecule has 0 saturated heterocycles. The van der Waals surface area contributed by atoms with Crippen molar-refractivity contribution in [1.82, 2.24) is 0 Å². The lowest BCUT2D eigenvalue weighted by molar-refractivity contribution is 0.593. The average Bonchev–Trinajstić information content (AvgIpc) is 2.46. The van der Waals surface area contributed by atoms with E-state index in [1.165, 1.54) is 17.4 Å². The Morgan fingerprint density at radius 3 is 2.57 bits per heavy atom. The van der Waals surface area contributed by atoms with E-state index in [-0.39, 0.29) is 5.75 Å². The average molecular weight is 301 g/mol. The first kappa shape index (κ1) is 14.9. The van der Waals surface area contributed by atoms with E-state index in [1.54, 1.807) is 42.5 Å². The Kier molecular flexibility index (Phi) is 4.15. The molecule has 0 aliphatic carbocycles. The first-order valence-corrected chi connectivity index (χ1v) is 7.84. The van der Waals surface area contributed by atoms with Gasteiger partial charge < -0.3 is 5.73 Å². The molecule has 0 aliphatic rings. The molecule has 2 N–H and O–H groups in total. The molecular weight excluding hydrogens is 286 g/mol. The van der Waals surface area contributed by atoms with Gasteiger partial charge in [0.15, 0.2) is 0 Å². The Bertz CT molecular complexity index is 795. The van der Waals surface area contributed by atoms with Crippen LogP contribution in [0.4, 0.5) is 11.4 Å². The van der Waals surface area contributed by atoms with Gasteiger partial charge in [0.2, 0.25) is 10.0 Å². The van der Waals surface area contributed by atoms with Crippen molar-refractivity contribution in [3.8, 4) is 6.07 Å².